The van der Waals surface area contributed by atoms with E-state index in [2.05, 4.69) is 10.3 Å². The summed E-state index contributed by atoms with van der Waals surface area (Å²) >= 11 is 0. The van der Waals surface area contributed by atoms with Gasteiger partial charge in [-0.15, -0.1) is 0 Å². The maximum atomic E-state index is 5.30. The average Bonchev–Trinajstić information content (AvgIpc) is 2.35. The summed E-state index contributed by atoms with van der Waals surface area (Å²) in [6, 6.07) is 2.28. The Morgan fingerprint density at radius 3 is 2.88 bits per heavy atom. The molecule has 1 aromatic rings. The summed E-state index contributed by atoms with van der Waals surface area (Å²) in [5.74, 6) is 0.833. The van der Waals surface area contributed by atoms with Gasteiger partial charge in [0.1, 0.15) is 5.75 Å². The number of nitrogens with zero attached hydrogens (tertiary/aromatic N) is 1. The van der Waals surface area contributed by atoms with Crippen molar-refractivity contribution in [1.29, 1.82) is 0 Å². The van der Waals surface area contributed by atoms with Crippen LogP contribution in [0.1, 0.15) is 24.4 Å². The van der Waals surface area contributed by atoms with E-state index in [4.69, 9.17) is 9.47 Å². The van der Waals surface area contributed by atoms with E-state index in [-0.39, 0.29) is 6.04 Å². The summed E-state index contributed by atoms with van der Waals surface area (Å²) in [5.41, 5.74) is 1.15. The Bertz CT molecular complexity index is 305. The number of methoxy groups -OCH3 is 2. The van der Waals surface area contributed by atoms with Crippen molar-refractivity contribution in [2.75, 3.05) is 27.9 Å². The average molecular weight is 224 g/mol. The number of hydrogen-bond donors (Lipinski definition) is 1. The first-order valence-corrected chi connectivity index (χ1v) is 5.47. The lowest BCUT2D eigenvalue weighted by molar-refractivity contribution is 0.189. The second kappa shape index (κ2) is 7.19. The van der Waals surface area contributed by atoms with Crippen LogP contribution in [0.5, 0.6) is 5.75 Å². The van der Waals surface area contributed by atoms with Crippen LogP contribution in [0.4, 0.5) is 0 Å². The van der Waals surface area contributed by atoms with Crippen molar-refractivity contribution in [2.24, 2.45) is 0 Å². The Kier molecular flexibility index (Phi) is 5.82. The molecule has 0 fully saturated rings. The molecule has 0 saturated heterocycles. The van der Waals surface area contributed by atoms with Gasteiger partial charge in [-0.3, -0.25) is 4.98 Å². The molecule has 0 amide bonds. The molecule has 0 bridgehead atoms. The molecule has 1 heterocycles. The SMILES string of the molecule is CNC(CCCOC)c1ccncc1OC. The maximum absolute atomic E-state index is 5.30. The largest absolute Gasteiger partial charge is 0.495 e. The van der Waals surface area contributed by atoms with Crippen molar-refractivity contribution in [3.8, 4) is 5.75 Å². The van der Waals surface area contributed by atoms with Crippen molar-refractivity contribution in [2.45, 2.75) is 18.9 Å². The number of pyridine rings is 1. The maximum Gasteiger partial charge on any atom is 0.141 e. The van der Waals surface area contributed by atoms with E-state index in [1.54, 1.807) is 26.6 Å². The zero-order valence-corrected chi connectivity index (χ0v) is 10.2. The molecular formula is C12H20N2O2. The minimum absolute atomic E-state index is 0.285. The van der Waals surface area contributed by atoms with Crippen molar-refractivity contribution in [3.63, 3.8) is 0 Å². The van der Waals surface area contributed by atoms with Gasteiger partial charge >= 0.3 is 0 Å². The number of rotatable bonds is 7. The van der Waals surface area contributed by atoms with E-state index in [0.29, 0.717) is 0 Å². The van der Waals surface area contributed by atoms with E-state index in [0.717, 1.165) is 30.8 Å². The van der Waals surface area contributed by atoms with Crippen molar-refractivity contribution in [3.05, 3.63) is 24.0 Å². The van der Waals surface area contributed by atoms with Crippen LogP contribution in [-0.4, -0.2) is 32.9 Å². The van der Waals surface area contributed by atoms with Crippen molar-refractivity contribution >= 4 is 0 Å². The smallest absolute Gasteiger partial charge is 0.141 e. The fourth-order valence-electron chi connectivity index (χ4n) is 1.74. The van der Waals surface area contributed by atoms with Crippen LogP contribution >= 0.6 is 0 Å². The van der Waals surface area contributed by atoms with Crippen LogP contribution in [0, 0.1) is 0 Å². The fourth-order valence-corrected chi connectivity index (χ4v) is 1.74. The van der Waals surface area contributed by atoms with Gasteiger partial charge in [-0.25, -0.2) is 0 Å². The first-order chi connectivity index (χ1) is 7.83. The van der Waals surface area contributed by atoms with Crippen LogP contribution in [0.25, 0.3) is 0 Å². The molecule has 0 aliphatic carbocycles. The highest BCUT2D eigenvalue weighted by atomic mass is 16.5. The summed E-state index contributed by atoms with van der Waals surface area (Å²) in [6.45, 7) is 0.783. The lowest BCUT2D eigenvalue weighted by Crippen LogP contribution is -2.17. The second-order valence-electron chi connectivity index (χ2n) is 3.59. The first kappa shape index (κ1) is 12.9. The summed E-state index contributed by atoms with van der Waals surface area (Å²) in [5, 5.41) is 3.29. The van der Waals surface area contributed by atoms with E-state index in [9.17, 15) is 0 Å². The topological polar surface area (TPSA) is 43.4 Å². The minimum atomic E-state index is 0.285. The predicted octanol–water partition coefficient (Wildman–Crippen LogP) is 1.78. The number of aromatic nitrogens is 1. The molecule has 1 unspecified atom stereocenters. The predicted molar refractivity (Wildman–Crippen MR) is 63.7 cm³/mol. The van der Waals surface area contributed by atoms with Gasteiger partial charge in [0.15, 0.2) is 0 Å². The van der Waals surface area contributed by atoms with Gasteiger partial charge in [0.05, 0.1) is 13.3 Å². The third-order valence-electron chi connectivity index (χ3n) is 2.60. The van der Waals surface area contributed by atoms with Crippen molar-refractivity contribution in [1.82, 2.24) is 10.3 Å². The molecule has 0 aliphatic rings. The highest BCUT2D eigenvalue weighted by molar-refractivity contribution is 5.32. The van der Waals surface area contributed by atoms with Gasteiger partial charge in [-0.05, 0) is 26.0 Å². The lowest BCUT2D eigenvalue weighted by atomic mass is 10.0. The van der Waals surface area contributed by atoms with Gasteiger partial charge in [-0.2, -0.15) is 0 Å². The van der Waals surface area contributed by atoms with E-state index in [1.807, 2.05) is 13.1 Å². The lowest BCUT2D eigenvalue weighted by Gasteiger charge is -2.18. The molecule has 1 rings (SSSR count). The monoisotopic (exact) mass is 224 g/mol. The second-order valence-corrected chi connectivity index (χ2v) is 3.59. The Balaban J connectivity index is 2.69. The fraction of sp³-hybridized carbons (Fsp3) is 0.583. The molecule has 0 spiro atoms. The molecule has 4 heteroatoms. The highest BCUT2D eigenvalue weighted by Gasteiger charge is 2.13. The number of nitrogens with one attached hydrogen (secondary N) is 1. The first-order valence-electron chi connectivity index (χ1n) is 5.47. The summed E-state index contributed by atoms with van der Waals surface area (Å²) in [4.78, 5) is 4.05. The third-order valence-corrected chi connectivity index (χ3v) is 2.60. The van der Waals surface area contributed by atoms with Crippen LogP contribution in [0.15, 0.2) is 18.5 Å². The van der Waals surface area contributed by atoms with E-state index in [1.165, 1.54) is 0 Å². The third kappa shape index (κ3) is 3.47. The standard InChI is InChI=1S/C12H20N2O2/c1-13-11(5-4-8-15-2)10-6-7-14-9-12(10)16-3/h6-7,9,11,13H,4-5,8H2,1-3H3. The van der Waals surface area contributed by atoms with Gasteiger partial charge < -0.3 is 14.8 Å². The molecule has 1 aromatic heterocycles. The van der Waals surface area contributed by atoms with Crippen molar-refractivity contribution < 1.29 is 9.47 Å². The molecule has 90 valence electrons. The van der Waals surface area contributed by atoms with Gasteiger partial charge in [0.25, 0.3) is 0 Å². The summed E-state index contributed by atoms with van der Waals surface area (Å²) < 4.78 is 10.4. The Morgan fingerprint density at radius 1 is 1.44 bits per heavy atom. The summed E-state index contributed by atoms with van der Waals surface area (Å²) in [6.07, 6.45) is 5.58. The van der Waals surface area contributed by atoms with Gasteiger partial charge in [0, 0.05) is 31.5 Å². The normalized spacial score (nSPS) is 12.4. The Hall–Kier alpha value is -1.13. The van der Waals surface area contributed by atoms with Crippen LogP contribution < -0.4 is 10.1 Å². The molecule has 0 saturated carbocycles. The minimum Gasteiger partial charge on any atom is -0.495 e. The van der Waals surface area contributed by atoms with E-state index >= 15 is 0 Å². The number of hydrogen-bond acceptors (Lipinski definition) is 4. The zero-order chi connectivity index (χ0) is 11.8. The Labute approximate surface area is 97.0 Å². The molecule has 0 radical (unpaired) electrons. The highest BCUT2D eigenvalue weighted by Crippen LogP contribution is 2.26. The molecule has 4 nitrogen and oxygen atoms in total. The molecule has 0 aliphatic heterocycles. The molecular weight excluding hydrogens is 204 g/mol. The molecule has 1 atom stereocenters. The zero-order valence-electron chi connectivity index (χ0n) is 10.2. The van der Waals surface area contributed by atoms with Crippen LogP contribution in [-0.2, 0) is 4.74 Å². The Morgan fingerprint density at radius 2 is 2.25 bits per heavy atom. The summed E-state index contributed by atoms with van der Waals surface area (Å²) in [7, 11) is 5.35. The van der Waals surface area contributed by atoms with E-state index < -0.39 is 0 Å². The van der Waals surface area contributed by atoms with Crippen LogP contribution in [0.2, 0.25) is 0 Å². The molecule has 0 aromatic carbocycles. The molecule has 16 heavy (non-hydrogen) atoms. The van der Waals surface area contributed by atoms with Gasteiger partial charge in [0.2, 0.25) is 0 Å². The quantitative estimate of drug-likeness (QED) is 0.717. The number of ether oxygens (including phenoxy) is 2. The van der Waals surface area contributed by atoms with Gasteiger partial charge in [-0.1, -0.05) is 0 Å². The molecule has 1 N–H and O–H groups in total. The van der Waals surface area contributed by atoms with Crippen LogP contribution in [0.3, 0.4) is 0 Å².